The first-order valence-electron chi connectivity index (χ1n) is 6.93. The fourth-order valence-electron chi connectivity index (χ4n) is 2.84. The number of nitrogens with zero attached hydrogens (tertiary/aromatic N) is 2. The number of halogens is 1. The molecule has 0 unspecified atom stereocenters. The number of carbonyl (C=O) groups excluding carboxylic acids is 1. The highest BCUT2D eigenvalue weighted by molar-refractivity contribution is 6.30. The largest absolute Gasteiger partial charge is 0.870 e. The van der Waals surface area contributed by atoms with Crippen molar-refractivity contribution in [2.24, 2.45) is 0 Å². The molecule has 2 aromatic carbocycles. The zero-order chi connectivity index (χ0) is 15.3. The minimum absolute atomic E-state index is 0. The zero-order valence-corrected chi connectivity index (χ0v) is 13.1. The van der Waals surface area contributed by atoms with Gasteiger partial charge in [-0.25, -0.2) is 5.43 Å². The summed E-state index contributed by atoms with van der Waals surface area (Å²) in [5.41, 5.74) is 9.51. The lowest BCUT2D eigenvalue weighted by molar-refractivity contribution is -0.560. The molecule has 0 bridgehead atoms. The van der Waals surface area contributed by atoms with Gasteiger partial charge in [-0.3, -0.25) is 15.2 Å². The number of rotatable bonds is 1. The van der Waals surface area contributed by atoms with Crippen LogP contribution in [0.3, 0.4) is 0 Å². The van der Waals surface area contributed by atoms with Gasteiger partial charge in [0.2, 0.25) is 0 Å². The van der Waals surface area contributed by atoms with Gasteiger partial charge in [0, 0.05) is 12.1 Å². The summed E-state index contributed by atoms with van der Waals surface area (Å²) < 4.78 is 0. The van der Waals surface area contributed by atoms with E-state index in [-0.39, 0.29) is 11.4 Å². The van der Waals surface area contributed by atoms with Crippen LogP contribution < -0.4 is 15.9 Å². The Bertz CT molecular complexity index is 804. The molecule has 7 heteroatoms. The first-order valence-corrected chi connectivity index (χ1v) is 7.31. The molecular weight excluding hydrogens is 316 g/mol. The van der Waals surface area contributed by atoms with Crippen LogP contribution in [0, 0.1) is 0 Å². The average Bonchev–Trinajstić information content (AvgIpc) is 2.87. The first-order chi connectivity index (χ1) is 10.6. The van der Waals surface area contributed by atoms with Crippen LogP contribution in [-0.2, 0) is 4.79 Å². The number of benzene rings is 2. The first kappa shape index (κ1) is 15.4. The van der Waals surface area contributed by atoms with Crippen LogP contribution >= 0.6 is 11.6 Å². The van der Waals surface area contributed by atoms with E-state index in [4.69, 9.17) is 11.6 Å². The molecule has 4 rings (SSSR count). The predicted octanol–water partition coefficient (Wildman–Crippen LogP) is 1.63. The van der Waals surface area contributed by atoms with E-state index in [1.807, 2.05) is 48.9 Å². The molecule has 1 amide bonds. The van der Waals surface area contributed by atoms with E-state index in [0.717, 1.165) is 22.6 Å². The molecule has 0 fully saturated rings. The number of nitrogens with one attached hydrogen (secondary N) is 1. The van der Waals surface area contributed by atoms with E-state index in [1.165, 1.54) is 0 Å². The number of hydrazine groups is 1. The van der Waals surface area contributed by atoms with Gasteiger partial charge in [0.15, 0.2) is 11.4 Å². The van der Waals surface area contributed by atoms with Gasteiger partial charge in [0.25, 0.3) is 0 Å². The number of likely N-dealkylation sites (N-methyl/N-ethyl adjacent to an activating group) is 1. The number of quaternary nitrogens is 1. The van der Waals surface area contributed by atoms with Gasteiger partial charge in [-0.15, -0.1) is 5.01 Å². The van der Waals surface area contributed by atoms with Crippen LogP contribution in [-0.4, -0.2) is 23.4 Å². The molecule has 4 N–H and O–H groups in total. The Morgan fingerprint density at radius 3 is 2.52 bits per heavy atom. The molecule has 2 heterocycles. The highest BCUT2D eigenvalue weighted by atomic mass is 35.5. The zero-order valence-electron chi connectivity index (χ0n) is 12.3. The molecule has 2 aliphatic rings. The number of hydrogen-bond acceptors (Lipinski definition) is 4. The van der Waals surface area contributed by atoms with Crippen molar-refractivity contribution < 1.29 is 15.7 Å². The van der Waals surface area contributed by atoms with Gasteiger partial charge in [-0.1, -0.05) is 23.7 Å². The van der Waals surface area contributed by atoms with Crippen molar-refractivity contribution in [3.8, 4) is 0 Å². The van der Waals surface area contributed by atoms with Gasteiger partial charge < -0.3 is 5.48 Å². The van der Waals surface area contributed by atoms with Crippen LogP contribution in [0.2, 0.25) is 5.02 Å². The minimum Gasteiger partial charge on any atom is -0.870 e. The lowest BCUT2D eigenvalue weighted by atomic mass is 10.1. The third kappa shape index (κ3) is 2.33. The van der Waals surface area contributed by atoms with E-state index < -0.39 is 0 Å². The normalized spacial score (nSPS) is 15.8. The quantitative estimate of drug-likeness (QED) is 0.615. The fourth-order valence-corrected chi connectivity index (χ4v) is 2.97. The van der Waals surface area contributed by atoms with Crippen LogP contribution in [0.15, 0.2) is 54.2 Å². The van der Waals surface area contributed by atoms with Crippen molar-refractivity contribution in [1.29, 1.82) is 0 Å². The van der Waals surface area contributed by atoms with Gasteiger partial charge in [-0.2, -0.15) is 0 Å². The summed E-state index contributed by atoms with van der Waals surface area (Å²) >= 11 is 5.92. The van der Waals surface area contributed by atoms with Gasteiger partial charge in [-0.05, 0) is 36.4 Å². The minimum atomic E-state index is -0.0539. The maximum absolute atomic E-state index is 12.8. The van der Waals surface area contributed by atoms with E-state index in [1.54, 1.807) is 22.2 Å². The van der Waals surface area contributed by atoms with Crippen molar-refractivity contribution in [3.05, 3.63) is 64.8 Å². The van der Waals surface area contributed by atoms with Crippen molar-refractivity contribution >= 4 is 34.6 Å². The molecule has 0 aliphatic carbocycles. The summed E-state index contributed by atoms with van der Waals surface area (Å²) in [5, 5.41) is 4.07. The predicted molar refractivity (Wildman–Crippen MR) is 87.5 cm³/mol. The Balaban J connectivity index is 0.00000156. The molecule has 23 heavy (non-hydrogen) atoms. The smallest absolute Gasteiger partial charge is 0.328 e. The maximum atomic E-state index is 12.8. The van der Waals surface area contributed by atoms with Crippen molar-refractivity contribution in [2.75, 3.05) is 17.5 Å². The molecule has 2 aromatic rings. The Kier molecular flexibility index (Phi) is 3.73. The third-order valence-corrected chi connectivity index (χ3v) is 4.13. The number of carbonyl (C=O) groups is 1. The number of para-hydroxylation sites is 1. The fraction of sp³-hybridized carbons (Fsp3) is 0.0625. The standard InChI is InChI=1S/C16H13ClN4O.H2O/c1-20-15-14(12-4-2-3-5-13(12)18-20)19-21(16(15)22)11-8-6-10(17)7-9-11;/h2-9,18-19H,1H3;1H2. The van der Waals surface area contributed by atoms with Crippen LogP contribution in [0.5, 0.6) is 0 Å². The van der Waals surface area contributed by atoms with Gasteiger partial charge in [0.05, 0.1) is 16.9 Å². The lowest BCUT2D eigenvalue weighted by Gasteiger charge is -2.26. The monoisotopic (exact) mass is 330 g/mol. The maximum Gasteiger partial charge on any atom is 0.328 e. The summed E-state index contributed by atoms with van der Waals surface area (Å²) in [4.78, 5) is 12.8. The number of nitrogens with two attached hydrogens (primary N) is 1. The van der Waals surface area contributed by atoms with E-state index in [2.05, 4.69) is 5.43 Å². The molecule has 0 saturated heterocycles. The van der Waals surface area contributed by atoms with Gasteiger partial charge in [0.1, 0.15) is 0 Å². The number of fused-ring (bicyclic) bond motifs is 2. The Labute approximate surface area is 138 Å². The SMILES string of the molecule is CN1Nc2ccccc2C2=C1C(=O)N(c1ccc(Cl)cc1)[NH2+]2.[OH-]. The third-order valence-electron chi connectivity index (χ3n) is 3.88. The highest BCUT2D eigenvalue weighted by Crippen LogP contribution is 2.32. The number of amides is 1. The lowest BCUT2D eigenvalue weighted by Crippen LogP contribution is -2.90. The molecule has 0 aromatic heterocycles. The van der Waals surface area contributed by atoms with E-state index in [9.17, 15) is 4.79 Å². The molecule has 0 atom stereocenters. The molecule has 2 aliphatic heterocycles. The van der Waals surface area contributed by atoms with Crippen molar-refractivity contribution in [2.45, 2.75) is 0 Å². The molecular formula is C16H15ClN4O2. The summed E-state index contributed by atoms with van der Waals surface area (Å²) in [6.45, 7) is 0. The average molecular weight is 331 g/mol. The summed E-state index contributed by atoms with van der Waals surface area (Å²) in [7, 11) is 1.85. The molecule has 0 radical (unpaired) electrons. The summed E-state index contributed by atoms with van der Waals surface area (Å²) in [5.74, 6) is -0.0539. The molecule has 0 saturated carbocycles. The summed E-state index contributed by atoms with van der Waals surface area (Å²) in [6.07, 6.45) is 0. The molecule has 118 valence electrons. The topological polar surface area (TPSA) is 82.2 Å². The Morgan fingerprint density at radius 2 is 1.78 bits per heavy atom. The van der Waals surface area contributed by atoms with Crippen molar-refractivity contribution in [1.82, 2.24) is 5.01 Å². The number of anilines is 2. The summed E-state index contributed by atoms with van der Waals surface area (Å²) in [6, 6.07) is 15.2. The van der Waals surface area contributed by atoms with E-state index >= 15 is 0 Å². The van der Waals surface area contributed by atoms with E-state index in [0.29, 0.717) is 10.7 Å². The molecule has 0 spiro atoms. The van der Waals surface area contributed by atoms with Crippen LogP contribution in [0.1, 0.15) is 5.56 Å². The second-order valence-corrected chi connectivity index (χ2v) is 5.70. The van der Waals surface area contributed by atoms with Crippen LogP contribution in [0.4, 0.5) is 11.4 Å². The molecule has 6 nitrogen and oxygen atoms in total. The second kappa shape index (κ2) is 5.58. The Morgan fingerprint density at radius 1 is 1.09 bits per heavy atom. The Hall–Kier alpha value is -2.54. The number of hydrogen-bond donors (Lipinski definition) is 2. The van der Waals surface area contributed by atoms with Crippen LogP contribution in [0.25, 0.3) is 5.70 Å². The van der Waals surface area contributed by atoms with Gasteiger partial charge >= 0.3 is 5.91 Å². The highest BCUT2D eigenvalue weighted by Gasteiger charge is 2.42. The second-order valence-electron chi connectivity index (χ2n) is 5.26. The van der Waals surface area contributed by atoms with Crippen molar-refractivity contribution in [3.63, 3.8) is 0 Å².